The molecule has 0 aliphatic rings. The van der Waals surface area contributed by atoms with Crippen molar-refractivity contribution in [2.75, 3.05) is 6.54 Å². The van der Waals surface area contributed by atoms with Crippen LogP contribution in [0.25, 0.3) is 5.69 Å². The average Bonchev–Trinajstić information content (AvgIpc) is 3.21. The lowest BCUT2D eigenvalue weighted by atomic mass is 9.93. The molecule has 2 aromatic heterocycles. The second-order valence-electron chi connectivity index (χ2n) is 7.77. The average molecular weight is 383 g/mol. The minimum absolute atomic E-state index is 0.0607. The van der Waals surface area contributed by atoms with Gasteiger partial charge in [-0.1, -0.05) is 20.8 Å². The van der Waals surface area contributed by atoms with Crippen LogP contribution in [0.15, 0.2) is 35.7 Å². The van der Waals surface area contributed by atoms with Crippen molar-refractivity contribution >= 4 is 17.2 Å². The lowest BCUT2D eigenvalue weighted by Gasteiger charge is -2.14. The molecule has 1 amide bonds. The second-order valence-corrected chi connectivity index (χ2v) is 8.71. The molecule has 0 unspecified atom stereocenters. The van der Waals surface area contributed by atoms with Crippen molar-refractivity contribution < 1.29 is 4.79 Å². The molecule has 27 heavy (non-hydrogen) atoms. The van der Waals surface area contributed by atoms with Crippen LogP contribution in [0.5, 0.6) is 0 Å². The van der Waals surface area contributed by atoms with Crippen LogP contribution in [0.1, 0.15) is 53.2 Å². The summed E-state index contributed by atoms with van der Waals surface area (Å²) < 4.78 is 1.88. The molecule has 0 aliphatic heterocycles. The Hall–Kier alpha value is -2.47. The molecular formula is C21H26N4OS. The fourth-order valence-corrected chi connectivity index (χ4v) is 3.82. The molecule has 6 heteroatoms. The summed E-state index contributed by atoms with van der Waals surface area (Å²) in [6.45, 7) is 11.0. The van der Waals surface area contributed by atoms with E-state index in [1.165, 1.54) is 0 Å². The Kier molecular flexibility index (Phi) is 5.46. The van der Waals surface area contributed by atoms with Crippen LogP contribution in [-0.4, -0.2) is 27.2 Å². The highest BCUT2D eigenvalue weighted by atomic mass is 32.1. The van der Waals surface area contributed by atoms with Crippen molar-refractivity contribution in [2.45, 2.75) is 46.5 Å². The predicted molar refractivity (Wildman–Crippen MR) is 110 cm³/mol. The van der Waals surface area contributed by atoms with E-state index in [1.807, 2.05) is 48.9 Å². The molecule has 0 saturated heterocycles. The first-order valence-corrected chi connectivity index (χ1v) is 9.99. The van der Waals surface area contributed by atoms with Crippen LogP contribution in [0, 0.1) is 13.8 Å². The molecule has 0 bridgehead atoms. The van der Waals surface area contributed by atoms with Gasteiger partial charge in [0.1, 0.15) is 0 Å². The number of rotatable bonds is 5. The molecule has 2 heterocycles. The molecule has 1 aromatic carbocycles. The monoisotopic (exact) mass is 382 g/mol. The zero-order chi connectivity index (χ0) is 19.6. The Balaban J connectivity index is 1.57. The van der Waals surface area contributed by atoms with Gasteiger partial charge in [0.15, 0.2) is 0 Å². The minimum atomic E-state index is -0.0671. The normalized spacial score (nSPS) is 11.6. The van der Waals surface area contributed by atoms with Gasteiger partial charge >= 0.3 is 0 Å². The molecule has 1 N–H and O–H groups in total. The summed E-state index contributed by atoms with van der Waals surface area (Å²) >= 11 is 1.65. The Morgan fingerprint density at radius 2 is 1.89 bits per heavy atom. The first kappa shape index (κ1) is 19.3. The van der Waals surface area contributed by atoms with E-state index in [4.69, 9.17) is 0 Å². The summed E-state index contributed by atoms with van der Waals surface area (Å²) in [5, 5.41) is 10.6. The maximum absolute atomic E-state index is 12.4. The fraction of sp³-hybridized carbons (Fsp3) is 0.381. The number of nitrogens with one attached hydrogen (secondary N) is 1. The predicted octanol–water partition coefficient (Wildman–Crippen LogP) is 4.22. The van der Waals surface area contributed by atoms with Gasteiger partial charge in [0, 0.05) is 35.0 Å². The van der Waals surface area contributed by atoms with E-state index < -0.39 is 0 Å². The van der Waals surface area contributed by atoms with Crippen molar-refractivity contribution in [3.8, 4) is 5.69 Å². The van der Waals surface area contributed by atoms with Crippen LogP contribution in [0.2, 0.25) is 0 Å². The summed E-state index contributed by atoms with van der Waals surface area (Å²) in [4.78, 5) is 17.0. The zero-order valence-corrected chi connectivity index (χ0v) is 17.4. The van der Waals surface area contributed by atoms with Crippen LogP contribution in [0.3, 0.4) is 0 Å². The van der Waals surface area contributed by atoms with Crippen LogP contribution >= 0.6 is 11.3 Å². The van der Waals surface area contributed by atoms with Gasteiger partial charge in [-0.05, 0) is 44.2 Å². The first-order chi connectivity index (χ1) is 12.7. The fourth-order valence-electron chi connectivity index (χ4n) is 2.80. The molecular weight excluding hydrogens is 356 g/mol. The smallest absolute Gasteiger partial charge is 0.251 e. The summed E-state index contributed by atoms with van der Waals surface area (Å²) in [6, 6.07) is 9.55. The van der Waals surface area contributed by atoms with E-state index in [2.05, 4.69) is 41.6 Å². The number of thiazole rings is 1. The number of carbonyl (C=O) groups excluding carboxylic acids is 1. The van der Waals surface area contributed by atoms with E-state index in [0.717, 1.165) is 34.2 Å². The molecule has 0 saturated carbocycles. The number of nitrogens with zero attached hydrogens (tertiary/aromatic N) is 3. The van der Waals surface area contributed by atoms with Crippen molar-refractivity contribution in [3.05, 3.63) is 63.4 Å². The Morgan fingerprint density at radius 3 is 2.44 bits per heavy atom. The second kappa shape index (κ2) is 7.64. The van der Waals surface area contributed by atoms with E-state index >= 15 is 0 Å². The Bertz CT molecular complexity index is 932. The number of carbonyl (C=O) groups is 1. The Labute approximate surface area is 164 Å². The standard InChI is InChI=1S/C21H26N4OS/c1-14-12-15(2)25(24-14)17-8-6-16(7-9-17)20(26)22-11-10-19-23-18(13-27-19)21(3,4)5/h6-9,12-13H,10-11H2,1-5H3,(H,22,26). The van der Waals surface area contributed by atoms with E-state index in [9.17, 15) is 4.79 Å². The molecule has 0 atom stereocenters. The van der Waals surface area contributed by atoms with Gasteiger partial charge in [0.05, 0.1) is 22.1 Å². The molecule has 0 spiro atoms. The lowest BCUT2D eigenvalue weighted by Crippen LogP contribution is -2.25. The number of hydrogen-bond donors (Lipinski definition) is 1. The largest absolute Gasteiger partial charge is 0.352 e. The van der Waals surface area contributed by atoms with E-state index in [0.29, 0.717) is 12.1 Å². The van der Waals surface area contributed by atoms with Crippen molar-refractivity contribution in [3.63, 3.8) is 0 Å². The van der Waals surface area contributed by atoms with E-state index in [1.54, 1.807) is 11.3 Å². The summed E-state index contributed by atoms with van der Waals surface area (Å²) in [5.41, 5.74) is 4.82. The summed E-state index contributed by atoms with van der Waals surface area (Å²) in [7, 11) is 0. The van der Waals surface area contributed by atoms with Gasteiger partial charge in [-0.25, -0.2) is 9.67 Å². The maximum atomic E-state index is 12.4. The number of aromatic nitrogens is 3. The number of amides is 1. The van der Waals surface area contributed by atoms with Gasteiger partial charge in [-0.2, -0.15) is 5.10 Å². The number of benzene rings is 1. The van der Waals surface area contributed by atoms with E-state index in [-0.39, 0.29) is 11.3 Å². The third kappa shape index (κ3) is 4.63. The SMILES string of the molecule is Cc1cc(C)n(-c2ccc(C(=O)NCCc3nc(C(C)(C)C)cs3)cc2)n1. The maximum Gasteiger partial charge on any atom is 0.251 e. The topological polar surface area (TPSA) is 59.8 Å². The third-order valence-corrected chi connectivity index (χ3v) is 5.24. The van der Waals surface area contributed by atoms with Crippen molar-refractivity contribution in [2.24, 2.45) is 0 Å². The summed E-state index contributed by atoms with van der Waals surface area (Å²) in [5.74, 6) is -0.0671. The molecule has 142 valence electrons. The van der Waals surface area contributed by atoms with Gasteiger partial charge in [0.25, 0.3) is 5.91 Å². The molecule has 3 rings (SSSR count). The van der Waals surface area contributed by atoms with Gasteiger partial charge in [-0.3, -0.25) is 4.79 Å². The first-order valence-electron chi connectivity index (χ1n) is 9.11. The molecule has 0 fully saturated rings. The number of aryl methyl sites for hydroxylation is 2. The molecule has 5 nitrogen and oxygen atoms in total. The van der Waals surface area contributed by atoms with Crippen molar-refractivity contribution in [1.82, 2.24) is 20.1 Å². The Morgan fingerprint density at radius 1 is 1.19 bits per heavy atom. The highest BCUT2D eigenvalue weighted by Crippen LogP contribution is 2.24. The van der Waals surface area contributed by atoms with Crippen LogP contribution < -0.4 is 5.32 Å². The number of hydrogen-bond acceptors (Lipinski definition) is 4. The minimum Gasteiger partial charge on any atom is -0.352 e. The summed E-state index contributed by atoms with van der Waals surface area (Å²) in [6.07, 6.45) is 0.746. The van der Waals surface area contributed by atoms with Crippen LogP contribution in [-0.2, 0) is 11.8 Å². The van der Waals surface area contributed by atoms with Gasteiger partial charge in [-0.15, -0.1) is 11.3 Å². The van der Waals surface area contributed by atoms with Crippen molar-refractivity contribution in [1.29, 1.82) is 0 Å². The van der Waals surface area contributed by atoms with Gasteiger partial charge in [0.2, 0.25) is 0 Å². The highest BCUT2D eigenvalue weighted by Gasteiger charge is 2.17. The third-order valence-electron chi connectivity index (χ3n) is 4.33. The highest BCUT2D eigenvalue weighted by molar-refractivity contribution is 7.09. The molecule has 0 radical (unpaired) electrons. The molecule has 3 aromatic rings. The van der Waals surface area contributed by atoms with Crippen LogP contribution in [0.4, 0.5) is 0 Å². The lowest BCUT2D eigenvalue weighted by molar-refractivity contribution is 0.0954. The van der Waals surface area contributed by atoms with Gasteiger partial charge < -0.3 is 5.32 Å². The zero-order valence-electron chi connectivity index (χ0n) is 16.5. The molecule has 0 aliphatic carbocycles. The quantitative estimate of drug-likeness (QED) is 0.719.